The first-order valence-corrected chi connectivity index (χ1v) is 3.29. The smallest absolute Gasteiger partial charge is 0.303 e. The Morgan fingerprint density at radius 2 is 2.50 bits per heavy atom. The molecule has 4 nitrogen and oxygen atoms in total. The van der Waals surface area contributed by atoms with Crippen LogP contribution < -0.4 is 5.73 Å². The van der Waals surface area contributed by atoms with Crippen LogP contribution in [0.15, 0.2) is 0 Å². The Balaban J connectivity index is 2.33. The van der Waals surface area contributed by atoms with Gasteiger partial charge in [-0.2, -0.15) is 0 Å². The molecule has 2 atom stereocenters. The van der Waals surface area contributed by atoms with Gasteiger partial charge in [0.1, 0.15) is 6.23 Å². The van der Waals surface area contributed by atoms with Crippen molar-refractivity contribution in [2.45, 2.75) is 19.1 Å². The van der Waals surface area contributed by atoms with Crippen molar-refractivity contribution in [3.63, 3.8) is 0 Å². The molecule has 0 radical (unpaired) electrons. The van der Waals surface area contributed by atoms with Gasteiger partial charge in [-0.25, -0.2) is 0 Å². The van der Waals surface area contributed by atoms with Gasteiger partial charge in [0.2, 0.25) is 0 Å². The van der Waals surface area contributed by atoms with E-state index in [9.17, 15) is 4.79 Å². The fourth-order valence-electron chi connectivity index (χ4n) is 1.10. The first kappa shape index (κ1) is 7.50. The molecule has 1 aliphatic rings. The fraction of sp³-hybridized carbons (Fsp3) is 0.833. The molecule has 3 N–H and O–H groups in total. The van der Waals surface area contributed by atoms with Crippen LogP contribution in [-0.4, -0.2) is 23.9 Å². The number of hydrogen-bond donors (Lipinski definition) is 2. The van der Waals surface area contributed by atoms with Crippen LogP contribution in [0.5, 0.6) is 0 Å². The molecule has 58 valence electrons. The lowest BCUT2D eigenvalue weighted by molar-refractivity contribution is -0.138. The second-order valence-electron chi connectivity index (χ2n) is 2.48. The van der Waals surface area contributed by atoms with Gasteiger partial charge in [-0.05, 0) is 6.42 Å². The zero-order valence-electron chi connectivity index (χ0n) is 5.62. The summed E-state index contributed by atoms with van der Waals surface area (Å²) in [5.41, 5.74) is 5.44. The third-order valence-electron chi connectivity index (χ3n) is 1.70. The van der Waals surface area contributed by atoms with Crippen molar-refractivity contribution >= 4 is 5.97 Å². The molecule has 1 rings (SSSR count). The Kier molecular flexibility index (Phi) is 2.24. The van der Waals surface area contributed by atoms with E-state index >= 15 is 0 Å². The van der Waals surface area contributed by atoms with Crippen LogP contribution >= 0.6 is 0 Å². The number of carboxylic acids is 1. The second kappa shape index (κ2) is 2.98. The van der Waals surface area contributed by atoms with E-state index in [-0.39, 0.29) is 18.6 Å². The average molecular weight is 145 g/mol. The van der Waals surface area contributed by atoms with E-state index in [1.54, 1.807) is 0 Å². The summed E-state index contributed by atoms with van der Waals surface area (Å²) in [4.78, 5) is 10.2. The van der Waals surface area contributed by atoms with E-state index in [0.717, 1.165) is 6.42 Å². The highest BCUT2D eigenvalue weighted by molar-refractivity contribution is 5.67. The SMILES string of the molecule is NC1OCCC1CC(=O)O. The van der Waals surface area contributed by atoms with Crippen molar-refractivity contribution in [3.05, 3.63) is 0 Å². The predicted octanol–water partition coefficient (Wildman–Crippen LogP) is -0.218. The van der Waals surface area contributed by atoms with Crippen molar-refractivity contribution < 1.29 is 14.6 Å². The van der Waals surface area contributed by atoms with Gasteiger partial charge in [-0.3, -0.25) is 4.79 Å². The molecule has 10 heavy (non-hydrogen) atoms. The maximum Gasteiger partial charge on any atom is 0.303 e. The molecule has 1 saturated heterocycles. The molecule has 0 aromatic carbocycles. The van der Waals surface area contributed by atoms with Crippen molar-refractivity contribution in [1.82, 2.24) is 0 Å². The Labute approximate surface area is 59.0 Å². The zero-order chi connectivity index (χ0) is 7.56. The summed E-state index contributed by atoms with van der Waals surface area (Å²) < 4.78 is 4.98. The van der Waals surface area contributed by atoms with Gasteiger partial charge >= 0.3 is 5.97 Å². The van der Waals surface area contributed by atoms with E-state index in [0.29, 0.717) is 6.61 Å². The van der Waals surface area contributed by atoms with Gasteiger partial charge in [0.15, 0.2) is 0 Å². The summed E-state index contributed by atoms with van der Waals surface area (Å²) in [6.07, 6.45) is 0.533. The first-order chi connectivity index (χ1) is 4.70. The normalized spacial score (nSPS) is 32.5. The molecule has 2 unspecified atom stereocenters. The topological polar surface area (TPSA) is 72.5 Å². The lowest BCUT2D eigenvalue weighted by atomic mass is 10.0. The molecule has 0 saturated carbocycles. The summed E-state index contributed by atoms with van der Waals surface area (Å²) in [6, 6.07) is 0. The number of carbonyl (C=O) groups is 1. The molecule has 0 aromatic rings. The molecule has 1 heterocycles. The van der Waals surface area contributed by atoms with Crippen molar-refractivity contribution in [1.29, 1.82) is 0 Å². The van der Waals surface area contributed by atoms with Crippen LogP contribution in [0, 0.1) is 5.92 Å². The summed E-state index contributed by atoms with van der Waals surface area (Å²) in [7, 11) is 0. The van der Waals surface area contributed by atoms with Gasteiger partial charge < -0.3 is 15.6 Å². The van der Waals surface area contributed by atoms with Gasteiger partial charge in [-0.15, -0.1) is 0 Å². The molecule has 0 aromatic heterocycles. The van der Waals surface area contributed by atoms with Crippen LogP contribution in [0.2, 0.25) is 0 Å². The quantitative estimate of drug-likeness (QED) is 0.563. The van der Waals surface area contributed by atoms with Gasteiger partial charge in [-0.1, -0.05) is 0 Å². The summed E-state index contributed by atoms with van der Waals surface area (Å²) in [5, 5.41) is 8.38. The lowest BCUT2D eigenvalue weighted by Crippen LogP contribution is -2.27. The molecule has 0 amide bonds. The molecular formula is C6H11NO3. The number of ether oxygens (including phenoxy) is 1. The van der Waals surface area contributed by atoms with Crippen molar-refractivity contribution in [2.75, 3.05) is 6.61 Å². The van der Waals surface area contributed by atoms with Crippen LogP contribution in [0.25, 0.3) is 0 Å². The molecule has 0 spiro atoms. The maximum atomic E-state index is 10.2. The lowest BCUT2D eigenvalue weighted by Gasteiger charge is -2.09. The van der Waals surface area contributed by atoms with E-state index < -0.39 is 5.97 Å². The van der Waals surface area contributed by atoms with Crippen LogP contribution in [0.1, 0.15) is 12.8 Å². The molecule has 0 bridgehead atoms. The van der Waals surface area contributed by atoms with E-state index in [1.165, 1.54) is 0 Å². The predicted molar refractivity (Wildman–Crippen MR) is 34.3 cm³/mol. The first-order valence-electron chi connectivity index (χ1n) is 3.29. The molecule has 4 heteroatoms. The average Bonchev–Trinajstić information content (AvgIpc) is 2.15. The molecule has 1 aliphatic heterocycles. The minimum Gasteiger partial charge on any atom is -0.481 e. The van der Waals surface area contributed by atoms with Gasteiger partial charge in [0, 0.05) is 12.5 Å². The molecule has 0 aliphatic carbocycles. The van der Waals surface area contributed by atoms with Crippen molar-refractivity contribution in [2.24, 2.45) is 11.7 Å². The summed E-state index contributed by atoms with van der Waals surface area (Å²) in [5.74, 6) is -0.788. The van der Waals surface area contributed by atoms with Crippen LogP contribution in [0.3, 0.4) is 0 Å². The monoisotopic (exact) mass is 145 g/mol. The zero-order valence-corrected chi connectivity index (χ0v) is 5.62. The minimum absolute atomic E-state index is 0.0116. The number of nitrogens with two attached hydrogens (primary N) is 1. The number of aliphatic carboxylic acids is 1. The highest BCUT2D eigenvalue weighted by Crippen LogP contribution is 2.19. The molecule has 1 fully saturated rings. The highest BCUT2D eigenvalue weighted by atomic mass is 16.5. The Bertz CT molecular complexity index is 137. The second-order valence-corrected chi connectivity index (χ2v) is 2.48. The Hall–Kier alpha value is -0.610. The van der Waals surface area contributed by atoms with E-state index in [2.05, 4.69) is 0 Å². The Morgan fingerprint density at radius 1 is 1.80 bits per heavy atom. The van der Waals surface area contributed by atoms with Gasteiger partial charge in [0.25, 0.3) is 0 Å². The van der Waals surface area contributed by atoms with E-state index in [1.807, 2.05) is 0 Å². The number of hydrogen-bond acceptors (Lipinski definition) is 3. The third-order valence-corrected chi connectivity index (χ3v) is 1.70. The number of carboxylic acid groups (broad SMARTS) is 1. The van der Waals surface area contributed by atoms with Crippen LogP contribution in [0.4, 0.5) is 0 Å². The van der Waals surface area contributed by atoms with E-state index in [4.69, 9.17) is 15.6 Å². The Morgan fingerprint density at radius 3 is 2.90 bits per heavy atom. The summed E-state index contributed by atoms with van der Waals surface area (Å²) in [6.45, 7) is 0.596. The number of rotatable bonds is 2. The highest BCUT2D eigenvalue weighted by Gasteiger charge is 2.26. The largest absolute Gasteiger partial charge is 0.481 e. The molecular weight excluding hydrogens is 134 g/mol. The van der Waals surface area contributed by atoms with Crippen LogP contribution in [-0.2, 0) is 9.53 Å². The fourth-order valence-corrected chi connectivity index (χ4v) is 1.10. The standard InChI is InChI=1S/C6H11NO3/c7-6-4(1-2-10-6)3-5(8)9/h4,6H,1-3,7H2,(H,8,9). The third kappa shape index (κ3) is 1.68. The van der Waals surface area contributed by atoms with Gasteiger partial charge in [0.05, 0.1) is 6.42 Å². The van der Waals surface area contributed by atoms with Crippen molar-refractivity contribution in [3.8, 4) is 0 Å². The minimum atomic E-state index is -0.800. The maximum absolute atomic E-state index is 10.2. The summed E-state index contributed by atoms with van der Waals surface area (Å²) >= 11 is 0.